The highest BCUT2D eigenvalue weighted by Crippen LogP contribution is 2.23. The Labute approximate surface area is 514 Å². The Bertz CT molecular complexity index is 1990. The number of pyridine rings is 3. The predicted octanol–water partition coefficient (Wildman–Crippen LogP) is 21.0. The molecular weight excluding hydrogens is 1020 g/mol. The third-order valence-corrected chi connectivity index (χ3v) is 10.1. The van der Waals surface area contributed by atoms with Gasteiger partial charge in [-0.2, -0.15) is 5.10 Å². The molecule has 7 aromatic heterocycles. The van der Waals surface area contributed by atoms with Gasteiger partial charge in [0.15, 0.2) is 0 Å². The Morgan fingerprint density at radius 1 is 0.289 bits per heavy atom. The van der Waals surface area contributed by atoms with Crippen LogP contribution in [0.5, 0.6) is 0 Å². The molecule has 0 aliphatic rings. The maximum absolute atomic E-state index is 4.25. The molecule has 0 aromatic carbocycles. The van der Waals surface area contributed by atoms with Crippen molar-refractivity contribution in [3.05, 3.63) is 181 Å². The van der Waals surface area contributed by atoms with Crippen molar-refractivity contribution in [3.63, 3.8) is 0 Å². The lowest BCUT2D eigenvalue weighted by atomic mass is 9.88. The van der Waals surface area contributed by atoms with E-state index in [1.807, 2.05) is 162 Å². The average Bonchev–Trinajstić information content (AvgIpc) is 3.94. The lowest BCUT2D eigenvalue weighted by Crippen LogP contribution is -2.16. The van der Waals surface area contributed by atoms with E-state index in [-0.39, 0.29) is 45.3 Å². The van der Waals surface area contributed by atoms with E-state index in [1.54, 1.807) is 43.5 Å². The molecule has 0 saturated carbocycles. The molecule has 7 heterocycles. The second kappa shape index (κ2) is 49.3. The van der Waals surface area contributed by atoms with Gasteiger partial charge in [-0.25, -0.2) is 19.9 Å². The van der Waals surface area contributed by atoms with E-state index in [9.17, 15) is 0 Å². The summed E-state index contributed by atoms with van der Waals surface area (Å²) in [6.07, 6.45) is 25.1. The molecule has 7 aromatic rings. The fourth-order valence-corrected chi connectivity index (χ4v) is 5.63. The van der Waals surface area contributed by atoms with Gasteiger partial charge in [-0.1, -0.05) is 248 Å². The minimum absolute atomic E-state index is 0. The van der Waals surface area contributed by atoms with E-state index in [0.29, 0.717) is 0 Å². The van der Waals surface area contributed by atoms with Crippen molar-refractivity contribution in [1.29, 1.82) is 0 Å². The fraction of sp³-hybridized carbons (Fsp3) is 0.583. The van der Waals surface area contributed by atoms with E-state index in [2.05, 4.69) is 226 Å². The monoisotopic (exact) mass is 1150 g/mol. The molecular formula is C72H129N11. The molecule has 0 saturated heterocycles. The molecule has 0 amide bonds. The van der Waals surface area contributed by atoms with Crippen LogP contribution < -0.4 is 0 Å². The largest absolute Gasteiger partial charge is 0.272 e. The molecule has 11 heteroatoms. The second-order valence-corrected chi connectivity index (χ2v) is 24.1. The highest BCUT2D eigenvalue weighted by molar-refractivity contribution is 5.20. The lowest BCUT2D eigenvalue weighted by Gasteiger charge is -2.17. The molecule has 0 N–H and O–H groups in total. The summed E-state index contributed by atoms with van der Waals surface area (Å²) in [7, 11) is 1.97. The standard InChI is InChI=1S/3C9H13N.C8H12N2.C8H14N2.2C8H12N2.6C2H6.CH4/c1-9(2,3)8-4-6-10-7-5-8;1-9(2,3)8-5-4-6-10-7-8;1-9(2,3)8-6-4-5-7-10-8;1-8(2,3)7-4-9-6-10-5-7;1-8(2,3)7-5-6-9-10(7)4;1-8(2,3)7-6-9-4-5-10-7;1-8(2,3)7-9-5-4-6-10-7;6*1-2;/h3*4-7H,1-3H3;4-6H,1-3H3;5-6H,1-4H3;2*4-6H,1-3H3;6*1-2H3;1H4. The summed E-state index contributed by atoms with van der Waals surface area (Å²) in [5.74, 6) is 0.898. The van der Waals surface area contributed by atoms with Crippen LogP contribution in [0.2, 0.25) is 0 Å². The third-order valence-electron chi connectivity index (χ3n) is 10.1. The molecule has 83 heavy (non-hydrogen) atoms. The first-order valence-electron chi connectivity index (χ1n) is 30.2. The lowest BCUT2D eigenvalue weighted by molar-refractivity contribution is 0.523. The van der Waals surface area contributed by atoms with E-state index in [1.165, 1.54) is 22.4 Å². The van der Waals surface area contributed by atoms with Crippen molar-refractivity contribution in [3.8, 4) is 0 Å². The summed E-state index contributed by atoms with van der Waals surface area (Å²) >= 11 is 0. The Hall–Kier alpha value is -6.10. The van der Waals surface area contributed by atoms with Gasteiger partial charge < -0.3 is 0 Å². The van der Waals surface area contributed by atoms with Crippen LogP contribution in [-0.4, -0.2) is 54.6 Å². The van der Waals surface area contributed by atoms with Crippen LogP contribution in [0.3, 0.4) is 0 Å². The molecule has 0 atom stereocenters. The third kappa shape index (κ3) is 47.0. The molecule has 11 nitrogen and oxygen atoms in total. The van der Waals surface area contributed by atoms with Crippen molar-refractivity contribution in [2.75, 3.05) is 0 Å². The molecule has 0 aliphatic heterocycles. The Morgan fingerprint density at radius 2 is 0.711 bits per heavy atom. The smallest absolute Gasteiger partial charge is 0.133 e. The Kier molecular flexibility index (Phi) is 53.9. The topological polar surface area (TPSA) is 134 Å². The van der Waals surface area contributed by atoms with Gasteiger partial charge in [-0.3, -0.25) is 29.6 Å². The minimum Gasteiger partial charge on any atom is -0.272 e. The number of hydrogen-bond acceptors (Lipinski definition) is 10. The Morgan fingerprint density at radius 3 is 0.952 bits per heavy atom. The number of aryl methyl sites for hydroxylation is 1. The summed E-state index contributed by atoms with van der Waals surface area (Å²) in [5, 5.41) is 4.10. The average molecular weight is 1150 g/mol. The van der Waals surface area contributed by atoms with E-state index < -0.39 is 0 Å². The molecule has 0 spiro atoms. The van der Waals surface area contributed by atoms with Gasteiger partial charge in [0, 0.05) is 121 Å². The molecule has 0 radical (unpaired) electrons. The number of nitrogens with zero attached hydrogens (tertiary/aromatic N) is 11. The van der Waals surface area contributed by atoms with Gasteiger partial charge in [0.1, 0.15) is 12.2 Å². The summed E-state index contributed by atoms with van der Waals surface area (Å²) in [4.78, 5) is 36.6. The first-order valence-corrected chi connectivity index (χ1v) is 30.2. The van der Waals surface area contributed by atoms with Gasteiger partial charge in [-0.05, 0) is 75.4 Å². The number of hydrogen-bond donors (Lipinski definition) is 0. The zero-order valence-electron chi connectivity index (χ0n) is 59.2. The van der Waals surface area contributed by atoms with Crippen LogP contribution >= 0.6 is 0 Å². The molecule has 7 rings (SSSR count). The van der Waals surface area contributed by atoms with Crippen molar-refractivity contribution in [1.82, 2.24) is 54.6 Å². The van der Waals surface area contributed by atoms with Crippen molar-refractivity contribution < 1.29 is 0 Å². The van der Waals surface area contributed by atoms with Crippen LogP contribution in [0.1, 0.15) is 276 Å². The van der Waals surface area contributed by atoms with Crippen LogP contribution in [0.15, 0.2) is 141 Å². The van der Waals surface area contributed by atoms with Crippen LogP contribution in [0, 0.1) is 0 Å². The second-order valence-electron chi connectivity index (χ2n) is 24.1. The molecule has 0 bridgehead atoms. The van der Waals surface area contributed by atoms with Gasteiger partial charge in [-0.15, -0.1) is 0 Å². The SMILES string of the molecule is C.CC.CC.CC.CC.CC.CC.CC(C)(C)c1ccccn1.CC(C)(C)c1cccnc1.CC(C)(C)c1ccncc1.CC(C)(C)c1cnccn1.CC(C)(C)c1cncnc1.CC(C)(C)c1ncccn1.Cn1nccc1C(C)(C)C. The van der Waals surface area contributed by atoms with Crippen molar-refractivity contribution in [2.45, 2.75) is 274 Å². The van der Waals surface area contributed by atoms with Gasteiger partial charge in [0.2, 0.25) is 0 Å². The molecule has 0 aliphatic carbocycles. The summed E-state index contributed by atoms with van der Waals surface area (Å²) < 4.78 is 1.92. The maximum atomic E-state index is 4.25. The van der Waals surface area contributed by atoms with Crippen molar-refractivity contribution in [2.24, 2.45) is 7.05 Å². The van der Waals surface area contributed by atoms with Gasteiger partial charge in [0.25, 0.3) is 0 Å². The summed E-state index contributed by atoms with van der Waals surface area (Å²) in [5.41, 5.74) is 8.49. The Balaban J connectivity index is -0.000000157. The zero-order valence-corrected chi connectivity index (χ0v) is 59.2. The zero-order chi connectivity index (χ0) is 65.5. The predicted molar refractivity (Wildman–Crippen MR) is 368 cm³/mol. The molecule has 0 fully saturated rings. The minimum atomic E-state index is 0. The first kappa shape index (κ1) is 90.7. The summed E-state index contributed by atoms with van der Waals surface area (Å²) in [6, 6.07) is 18.1. The van der Waals surface area contributed by atoms with E-state index in [0.717, 1.165) is 17.2 Å². The van der Waals surface area contributed by atoms with Crippen LogP contribution in [-0.2, 0) is 45.0 Å². The van der Waals surface area contributed by atoms with E-state index >= 15 is 0 Å². The highest BCUT2D eigenvalue weighted by Gasteiger charge is 2.18. The van der Waals surface area contributed by atoms with Gasteiger partial charge >= 0.3 is 0 Å². The van der Waals surface area contributed by atoms with Crippen LogP contribution in [0.25, 0.3) is 0 Å². The number of aromatic nitrogens is 11. The van der Waals surface area contributed by atoms with E-state index in [4.69, 9.17) is 0 Å². The summed E-state index contributed by atoms with van der Waals surface area (Å²) in [6.45, 7) is 69.3. The molecule has 472 valence electrons. The van der Waals surface area contributed by atoms with Gasteiger partial charge in [0.05, 0.1) is 5.69 Å². The van der Waals surface area contributed by atoms with Crippen molar-refractivity contribution >= 4 is 0 Å². The molecule has 0 unspecified atom stereocenters. The maximum Gasteiger partial charge on any atom is 0.133 e. The highest BCUT2D eigenvalue weighted by atomic mass is 15.3. The number of rotatable bonds is 0. The normalized spacial score (nSPS) is 10.2. The first-order chi connectivity index (χ1) is 38.1. The fourth-order valence-electron chi connectivity index (χ4n) is 5.63. The quantitative estimate of drug-likeness (QED) is 0.144. The van der Waals surface area contributed by atoms with Crippen LogP contribution in [0.4, 0.5) is 0 Å².